The van der Waals surface area contributed by atoms with Crippen molar-refractivity contribution in [3.63, 3.8) is 0 Å². The second-order valence-electron chi connectivity index (χ2n) is 4.29. The van der Waals surface area contributed by atoms with Crippen molar-refractivity contribution in [2.45, 2.75) is 39.5 Å². The van der Waals surface area contributed by atoms with Gasteiger partial charge in [0.1, 0.15) is 5.75 Å². The number of phenols is 1. The Kier molecular flexibility index (Phi) is 8.51. The monoisotopic (exact) mass is 237 g/mol. The van der Waals surface area contributed by atoms with Crippen LogP contribution in [0.15, 0.2) is 24.3 Å². The first-order valence-corrected chi connectivity index (χ1v) is 6.57. The third kappa shape index (κ3) is 6.32. The maximum atomic E-state index is 9.42. The first kappa shape index (κ1) is 16.0. The molecule has 1 aromatic rings. The molecular formula is C15H27NO. The van der Waals surface area contributed by atoms with E-state index < -0.39 is 0 Å². The molecule has 2 nitrogen and oxygen atoms in total. The lowest BCUT2D eigenvalue weighted by molar-refractivity contribution is 0.377. The molecule has 1 aromatic carbocycles. The molecule has 1 atom stereocenters. The fourth-order valence-electron chi connectivity index (χ4n) is 1.80. The van der Waals surface area contributed by atoms with Gasteiger partial charge in [0.2, 0.25) is 0 Å². The van der Waals surface area contributed by atoms with E-state index in [0.717, 1.165) is 19.4 Å². The summed E-state index contributed by atoms with van der Waals surface area (Å²) in [6.45, 7) is 7.29. The molecule has 17 heavy (non-hydrogen) atoms. The molecule has 0 aliphatic rings. The van der Waals surface area contributed by atoms with Gasteiger partial charge in [0.05, 0.1) is 0 Å². The molecule has 0 saturated carbocycles. The summed E-state index contributed by atoms with van der Waals surface area (Å²) in [7, 11) is 4.18. The lowest BCUT2D eigenvalue weighted by Gasteiger charge is -2.18. The first-order chi connectivity index (χ1) is 8.13. The Labute approximate surface area is 106 Å². The zero-order chi connectivity index (χ0) is 13.3. The molecular weight excluding hydrogens is 210 g/mol. The Hall–Kier alpha value is -1.02. The Morgan fingerprint density at radius 1 is 1.24 bits per heavy atom. The highest BCUT2D eigenvalue weighted by atomic mass is 16.3. The number of rotatable bonds is 5. The van der Waals surface area contributed by atoms with Gasteiger partial charge in [-0.2, -0.15) is 0 Å². The van der Waals surface area contributed by atoms with Gasteiger partial charge >= 0.3 is 0 Å². The first-order valence-electron chi connectivity index (χ1n) is 6.57. The van der Waals surface area contributed by atoms with Crippen LogP contribution in [0.25, 0.3) is 0 Å². The van der Waals surface area contributed by atoms with E-state index in [4.69, 9.17) is 0 Å². The van der Waals surface area contributed by atoms with Crippen LogP contribution in [0.4, 0.5) is 0 Å². The zero-order valence-electron chi connectivity index (χ0n) is 11.9. The third-order valence-corrected chi connectivity index (χ3v) is 2.76. The van der Waals surface area contributed by atoms with Gasteiger partial charge in [0.15, 0.2) is 0 Å². The predicted octanol–water partition coefficient (Wildman–Crippen LogP) is 3.86. The molecule has 0 saturated heterocycles. The van der Waals surface area contributed by atoms with Crippen LogP contribution in [0.5, 0.6) is 5.75 Å². The lowest BCUT2D eigenvalue weighted by Crippen LogP contribution is -2.15. The summed E-state index contributed by atoms with van der Waals surface area (Å²) in [5, 5.41) is 9.42. The highest BCUT2D eigenvalue weighted by Gasteiger charge is 2.09. The Bertz CT molecular complexity index is 297. The number of benzene rings is 1. The zero-order valence-corrected chi connectivity index (χ0v) is 11.9. The maximum absolute atomic E-state index is 9.42. The normalized spacial score (nSPS) is 11.9. The number of hydrogen-bond donors (Lipinski definition) is 1. The molecule has 2 heteroatoms. The van der Waals surface area contributed by atoms with Crippen LogP contribution in [-0.2, 0) is 0 Å². The summed E-state index contributed by atoms with van der Waals surface area (Å²) >= 11 is 0. The van der Waals surface area contributed by atoms with Crippen LogP contribution >= 0.6 is 0 Å². The highest BCUT2D eigenvalue weighted by molar-refractivity contribution is 5.29. The van der Waals surface area contributed by atoms with Crippen LogP contribution in [0.2, 0.25) is 0 Å². The predicted molar refractivity (Wildman–Crippen MR) is 75.7 cm³/mol. The van der Waals surface area contributed by atoms with E-state index in [1.807, 2.05) is 26.0 Å². The minimum absolute atomic E-state index is 0.371. The van der Waals surface area contributed by atoms with Crippen molar-refractivity contribution in [2.75, 3.05) is 20.6 Å². The third-order valence-electron chi connectivity index (χ3n) is 2.76. The molecule has 1 N–H and O–H groups in total. The molecule has 1 unspecified atom stereocenters. The van der Waals surface area contributed by atoms with Crippen LogP contribution in [-0.4, -0.2) is 30.6 Å². The molecule has 1 rings (SSSR count). The SMILES string of the molecule is CC.CCC(CCN(C)C)c1cccc(O)c1. The van der Waals surface area contributed by atoms with E-state index in [9.17, 15) is 5.11 Å². The van der Waals surface area contributed by atoms with Gasteiger partial charge in [-0.3, -0.25) is 0 Å². The van der Waals surface area contributed by atoms with Gasteiger partial charge in [-0.25, -0.2) is 0 Å². The molecule has 0 aliphatic carbocycles. The van der Waals surface area contributed by atoms with Gasteiger partial charge < -0.3 is 10.0 Å². The standard InChI is InChI=1S/C13H21NO.C2H6/c1-4-11(8-9-14(2)3)12-6-5-7-13(15)10-12;1-2/h5-7,10-11,15H,4,8-9H2,1-3H3;1-2H3. The van der Waals surface area contributed by atoms with Crippen molar-refractivity contribution in [1.29, 1.82) is 0 Å². The van der Waals surface area contributed by atoms with Gasteiger partial charge in [0, 0.05) is 0 Å². The summed E-state index contributed by atoms with van der Waals surface area (Å²) in [6.07, 6.45) is 2.27. The van der Waals surface area contributed by atoms with Crippen molar-refractivity contribution < 1.29 is 5.11 Å². The minimum atomic E-state index is 0.371. The molecule has 0 fully saturated rings. The van der Waals surface area contributed by atoms with Gasteiger partial charge in [0.25, 0.3) is 0 Å². The number of phenolic OH excluding ortho intramolecular Hbond substituents is 1. The average molecular weight is 237 g/mol. The number of nitrogens with zero attached hydrogens (tertiary/aromatic N) is 1. The van der Waals surface area contributed by atoms with E-state index in [1.165, 1.54) is 5.56 Å². The molecule has 0 radical (unpaired) electrons. The summed E-state index contributed by atoms with van der Waals surface area (Å²) in [4.78, 5) is 2.20. The molecule has 98 valence electrons. The van der Waals surface area contributed by atoms with Gasteiger partial charge in [-0.15, -0.1) is 0 Å². The second kappa shape index (κ2) is 9.06. The molecule has 0 amide bonds. The lowest BCUT2D eigenvalue weighted by atomic mass is 9.93. The smallest absolute Gasteiger partial charge is 0.115 e. The van der Waals surface area contributed by atoms with Crippen LogP contribution in [0.1, 0.15) is 45.1 Å². The maximum Gasteiger partial charge on any atom is 0.115 e. The summed E-state index contributed by atoms with van der Waals surface area (Å²) in [5.74, 6) is 0.926. The Morgan fingerprint density at radius 3 is 2.35 bits per heavy atom. The van der Waals surface area contributed by atoms with E-state index in [0.29, 0.717) is 11.7 Å². The molecule has 0 aliphatic heterocycles. The molecule has 0 aromatic heterocycles. The van der Waals surface area contributed by atoms with Gasteiger partial charge in [-0.05, 0) is 57.1 Å². The van der Waals surface area contributed by atoms with Crippen LogP contribution < -0.4 is 0 Å². The van der Waals surface area contributed by atoms with Crippen molar-refractivity contribution in [3.05, 3.63) is 29.8 Å². The highest BCUT2D eigenvalue weighted by Crippen LogP contribution is 2.25. The number of aromatic hydroxyl groups is 1. The fraction of sp³-hybridized carbons (Fsp3) is 0.600. The number of hydrogen-bond acceptors (Lipinski definition) is 2. The molecule has 0 spiro atoms. The van der Waals surface area contributed by atoms with Crippen molar-refractivity contribution >= 4 is 0 Å². The summed E-state index contributed by atoms with van der Waals surface area (Å²) in [5.41, 5.74) is 1.25. The van der Waals surface area contributed by atoms with E-state index in [-0.39, 0.29) is 0 Å². The molecule has 0 bridgehead atoms. The summed E-state index contributed by atoms with van der Waals surface area (Å²) in [6, 6.07) is 7.62. The van der Waals surface area contributed by atoms with Crippen LogP contribution in [0.3, 0.4) is 0 Å². The fourth-order valence-corrected chi connectivity index (χ4v) is 1.80. The van der Waals surface area contributed by atoms with Crippen LogP contribution in [0, 0.1) is 0 Å². The summed E-state index contributed by atoms with van der Waals surface area (Å²) < 4.78 is 0. The van der Waals surface area contributed by atoms with Gasteiger partial charge in [-0.1, -0.05) is 32.9 Å². The van der Waals surface area contributed by atoms with Crippen molar-refractivity contribution in [3.8, 4) is 5.75 Å². The topological polar surface area (TPSA) is 23.5 Å². The largest absolute Gasteiger partial charge is 0.508 e. The average Bonchev–Trinajstić information content (AvgIpc) is 2.32. The van der Waals surface area contributed by atoms with Crippen molar-refractivity contribution in [2.24, 2.45) is 0 Å². The van der Waals surface area contributed by atoms with E-state index in [1.54, 1.807) is 6.07 Å². The molecule has 0 heterocycles. The van der Waals surface area contributed by atoms with E-state index in [2.05, 4.69) is 32.0 Å². The quantitative estimate of drug-likeness (QED) is 0.840. The second-order valence-corrected chi connectivity index (χ2v) is 4.29. The van der Waals surface area contributed by atoms with E-state index >= 15 is 0 Å². The Morgan fingerprint density at radius 2 is 1.88 bits per heavy atom. The van der Waals surface area contributed by atoms with Crippen molar-refractivity contribution in [1.82, 2.24) is 4.90 Å². The minimum Gasteiger partial charge on any atom is -0.508 e. The Balaban J connectivity index is 0.00000121.